The lowest BCUT2D eigenvalue weighted by Gasteiger charge is -2.31. The molecule has 1 atom stereocenters. The van der Waals surface area contributed by atoms with Crippen LogP contribution in [0.1, 0.15) is 30.9 Å². The SMILES string of the molecule is CC1CCCN(Cc2ccccc2CNC(=O)C(=O)Nc2ccc(Oc3ccc(Cl)cc3)nc2)C1. The minimum atomic E-state index is -0.750. The summed E-state index contributed by atoms with van der Waals surface area (Å²) in [7, 11) is 0. The lowest BCUT2D eigenvalue weighted by Crippen LogP contribution is -2.36. The van der Waals surface area contributed by atoms with Crippen molar-refractivity contribution < 1.29 is 14.3 Å². The van der Waals surface area contributed by atoms with E-state index in [-0.39, 0.29) is 6.54 Å². The molecule has 1 saturated heterocycles. The van der Waals surface area contributed by atoms with E-state index in [9.17, 15) is 9.59 Å². The van der Waals surface area contributed by atoms with Crippen LogP contribution in [0.3, 0.4) is 0 Å². The molecule has 0 radical (unpaired) electrons. The molecule has 1 aliphatic rings. The number of ether oxygens (including phenoxy) is 1. The first-order valence-electron chi connectivity index (χ1n) is 11.7. The molecule has 1 aromatic heterocycles. The highest BCUT2D eigenvalue weighted by Crippen LogP contribution is 2.22. The first-order chi connectivity index (χ1) is 17.0. The molecule has 4 rings (SSSR count). The molecule has 1 unspecified atom stereocenters. The van der Waals surface area contributed by atoms with Crippen LogP contribution in [0.4, 0.5) is 5.69 Å². The largest absolute Gasteiger partial charge is 0.439 e. The van der Waals surface area contributed by atoms with Crippen LogP contribution in [0.5, 0.6) is 11.6 Å². The van der Waals surface area contributed by atoms with Crippen LogP contribution in [0.15, 0.2) is 66.9 Å². The Hall–Kier alpha value is -3.42. The van der Waals surface area contributed by atoms with E-state index >= 15 is 0 Å². The van der Waals surface area contributed by atoms with Crippen LogP contribution in [0.25, 0.3) is 0 Å². The zero-order chi connectivity index (χ0) is 24.6. The van der Waals surface area contributed by atoms with Gasteiger partial charge in [-0.15, -0.1) is 0 Å². The molecule has 0 bridgehead atoms. The number of hydrogen-bond donors (Lipinski definition) is 2. The fourth-order valence-electron chi connectivity index (χ4n) is 4.14. The lowest BCUT2D eigenvalue weighted by atomic mass is 9.99. The minimum absolute atomic E-state index is 0.290. The summed E-state index contributed by atoms with van der Waals surface area (Å²) in [5.41, 5.74) is 2.58. The van der Waals surface area contributed by atoms with Gasteiger partial charge in [0.25, 0.3) is 0 Å². The molecule has 3 aromatic rings. The number of pyridine rings is 1. The van der Waals surface area contributed by atoms with E-state index in [1.54, 1.807) is 36.4 Å². The fourth-order valence-corrected chi connectivity index (χ4v) is 4.26. The van der Waals surface area contributed by atoms with Gasteiger partial charge in [0.05, 0.1) is 11.9 Å². The molecule has 8 heteroatoms. The molecule has 0 spiro atoms. The van der Waals surface area contributed by atoms with Crippen LogP contribution in [0.2, 0.25) is 5.02 Å². The number of benzene rings is 2. The molecular weight excluding hydrogens is 464 g/mol. The number of carbonyl (C=O) groups excluding carboxylic acids is 2. The summed E-state index contributed by atoms with van der Waals surface area (Å²) in [5.74, 6) is 0.197. The zero-order valence-electron chi connectivity index (χ0n) is 19.7. The van der Waals surface area contributed by atoms with Crippen LogP contribution in [-0.2, 0) is 22.7 Å². The van der Waals surface area contributed by atoms with Crippen LogP contribution < -0.4 is 15.4 Å². The number of hydrogen-bond acceptors (Lipinski definition) is 5. The van der Waals surface area contributed by atoms with E-state index in [1.165, 1.54) is 24.6 Å². The molecule has 7 nitrogen and oxygen atoms in total. The Kier molecular flexibility index (Phi) is 8.34. The van der Waals surface area contributed by atoms with Crippen molar-refractivity contribution in [3.05, 3.63) is 83.0 Å². The van der Waals surface area contributed by atoms with Gasteiger partial charge >= 0.3 is 11.8 Å². The van der Waals surface area contributed by atoms with Crippen LogP contribution in [-0.4, -0.2) is 34.8 Å². The summed E-state index contributed by atoms with van der Waals surface area (Å²) < 4.78 is 5.63. The summed E-state index contributed by atoms with van der Waals surface area (Å²) in [6.45, 7) is 5.59. The van der Waals surface area contributed by atoms with Gasteiger partial charge in [0, 0.05) is 30.7 Å². The van der Waals surface area contributed by atoms with E-state index in [4.69, 9.17) is 16.3 Å². The van der Waals surface area contributed by atoms with Gasteiger partial charge in [0.2, 0.25) is 5.88 Å². The Bertz CT molecular complexity index is 1150. The number of anilines is 1. The summed E-state index contributed by atoms with van der Waals surface area (Å²) in [6.07, 6.45) is 3.92. The number of likely N-dealkylation sites (tertiary alicyclic amines) is 1. The number of rotatable bonds is 7. The maximum absolute atomic E-state index is 12.4. The molecule has 35 heavy (non-hydrogen) atoms. The molecule has 2 aromatic carbocycles. The third-order valence-electron chi connectivity index (χ3n) is 5.93. The van der Waals surface area contributed by atoms with Crippen molar-refractivity contribution in [1.82, 2.24) is 15.2 Å². The van der Waals surface area contributed by atoms with Crippen molar-refractivity contribution in [3.63, 3.8) is 0 Å². The predicted molar refractivity (Wildman–Crippen MR) is 136 cm³/mol. The second kappa shape index (κ2) is 11.8. The van der Waals surface area contributed by atoms with Gasteiger partial charge in [0.15, 0.2) is 0 Å². The van der Waals surface area contributed by atoms with Crippen molar-refractivity contribution in [1.29, 1.82) is 0 Å². The Morgan fingerprint density at radius 1 is 1.06 bits per heavy atom. The Morgan fingerprint density at radius 3 is 2.54 bits per heavy atom. The summed E-state index contributed by atoms with van der Waals surface area (Å²) in [4.78, 5) is 31.4. The normalized spacial score (nSPS) is 15.9. The van der Waals surface area contributed by atoms with E-state index in [0.717, 1.165) is 25.2 Å². The van der Waals surface area contributed by atoms with Gasteiger partial charge in [-0.25, -0.2) is 4.98 Å². The molecular formula is C27H29ClN4O3. The number of aromatic nitrogens is 1. The van der Waals surface area contributed by atoms with Crippen molar-refractivity contribution >= 4 is 29.1 Å². The molecule has 2 amide bonds. The number of piperidine rings is 1. The highest BCUT2D eigenvalue weighted by atomic mass is 35.5. The maximum Gasteiger partial charge on any atom is 0.313 e. The number of amides is 2. The van der Waals surface area contributed by atoms with Gasteiger partial charge in [-0.1, -0.05) is 42.8 Å². The van der Waals surface area contributed by atoms with Crippen LogP contribution in [0, 0.1) is 5.92 Å². The third-order valence-corrected chi connectivity index (χ3v) is 6.18. The van der Waals surface area contributed by atoms with E-state index < -0.39 is 11.8 Å². The number of nitrogens with zero attached hydrogens (tertiary/aromatic N) is 2. The Balaban J connectivity index is 1.28. The summed E-state index contributed by atoms with van der Waals surface area (Å²) in [5, 5.41) is 5.91. The molecule has 1 fully saturated rings. The van der Waals surface area contributed by atoms with Crippen LogP contribution >= 0.6 is 11.6 Å². The van der Waals surface area contributed by atoms with Crippen molar-refractivity contribution in [2.45, 2.75) is 32.9 Å². The number of nitrogens with one attached hydrogen (secondary N) is 2. The van der Waals surface area contributed by atoms with Gasteiger partial charge in [-0.2, -0.15) is 0 Å². The highest BCUT2D eigenvalue weighted by Gasteiger charge is 2.18. The van der Waals surface area contributed by atoms with Crippen molar-refractivity contribution in [2.24, 2.45) is 5.92 Å². The van der Waals surface area contributed by atoms with Crippen molar-refractivity contribution in [2.75, 3.05) is 18.4 Å². The smallest absolute Gasteiger partial charge is 0.313 e. The van der Waals surface area contributed by atoms with Gasteiger partial charge in [-0.05, 0) is 66.8 Å². The first-order valence-corrected chi connectivity index (χ1v) is 12.1. The fraction of sp³-hybridized carbons (Fsp3) is 0.296. The Morgan fingerprint density at radius 2 is 1.83 bits per heavy atom. The maximum atomic E-state index is 12.4. The minimum Gasteiger partial charge on any atom is -0.439 e. The predicted octanol–water partition coefficient (Wildman–Crippen LogP) is 5.01. The number of carbonyl (C=O) groups is 2. The van der Waals surface area contributed by atoms with Gasteiger partial charge in [-0.3, -0.25) is 14.5 Å². The monoisotopic (exact) mass is 492 g/mol. The zero-order valence-corrected chi connectivity index (χ0v) is 20.4. The lowest BCUT2D eigenvalue weighted by molar-refractivity contribution is -0.136. The first kappa shape index (κ1) is 24.7. The van der Waals surface area contributed by atoms with E-state index in [2.05, 4.69) is 33.5 Å². The molecule has 0 saturated carbocycles. The highest BCUT2D eigenvalue weighted by molar-refractivity contribution is 6.39. The second-order valence-corrected chi connectivity index (χ2v) is 9.27. The van der Waals surface area contributed by atoms with E-state index in [1.807, 2.05) is 18.2 Å². The third kappa shape index (κ3) is 7.28. The molecule has 182 valence electrons. The standard InChI is InChI=1S/C27H29ClN4O3/c1-19-5-4-14-32(17-19)18-21-7-3-2-6-20(21)15-30-26(33)27(34)31-23-10-13-25(29-16-23)35-24-11-8-22(28)9-12-24/h2-3,6-13,16,19H,4-5,14-15,17-18H2,1H3,(H,30,33)(H,31,34). The average molecular weight is 493 g/mol. The quantitative estimate of drug-likeness (QED) is 0.453. The molecule has 0 aliphatic carbocycles. The second-order valence-electron chi connectivity index (χ2n) is 8.83. The van der Waals surface area contributed by atoms with Crippen molar-refractivity contribution in [3.8, 4) is 11.6 Å². The average Bonchev–Trinajstić information content (AvgIpc) is 2.86. The number of halogens is 1. The summed E-state index contributed by atoms with van der Waals surface area (Å²) in [6, 6.07) is 18.2. The van der Waals surface area contributed by atoms with E-state index in [0.29, 0.717) is 28.3 Å². The molecule has 2 N–H and O–H groups in total. The topological polar surface area (TPSA) is 83.6 Å². The Labute approximate surface area is 210 Å². The molecule has 1 aliphatic heterocycles. The molecule has 2 heterocycles. The van der Waals surface area contributed by atoms with Gasteiger partial charge in [0.1, 0.15) is 5.75 Å². The van der Waals surface area contributed by atoms with Gasteiger partial charge < -0.3 is 15.4 Å². The summed E-state index contributed by atoms with van der Waals surface area (Å²) >= 11 is 5.87.